The van der Waals surface area contributed by atoms with Crippen LogP contribution in [0.4, 0.5) is 5.69 Å². The van der Waals surface area contributed by atoms with Crippen molar-refractivity contribution < 1.29 is 13.2 Å². The van der Waals surface area contributed by atoms with Crippen molar-refractivity contribution >= 4 is 33.4 Å². The Kier molecular flexibility index (Phi) is 5.03. The molecule has 0 amide bonds. The van der Waals surface area contributed by atoms with Crippen LogP contribution in [0.25, 0.3) is 0 Å². The van der Waals surface area contributed by atoms with Gasteiger partial charge in [0.15, 0.2) is 5.78 Å². The zero-order valence-electron chi connectivity index (χ0n) is 10.9. The first-order valence-electron chi connectivity index (χ1n) is 6.22. The summed E-state index contributed by atoms with van der Waals surface area (Å²) in [6.07, 6.45) is 0. The maximum atomic E-state index is 12.1. The number of Topliss-reactive ketones (excluding diaryl/α,β-unsaturated/α-hetero) is 1. The summed E-state index contributed by atoms with van der Waals surface area (Å²) in [5, 5.41) is 0. The average Bonchev–Trinajstić information content (AvgIpc) is 2.48. The first-order valence-corrected chi connectivity index (χ1v) is 8.81. The first kappa shape index (κ1) is 15.3. The number of nitrogens with two attached hydrogens (primary N) is 1. The van der Waals surface area contributed by atoms with E-state index in [2.05, 4.69) is 4.72 Å². The minimum atomic E-state index is -3.51. The average molecular weight is 315 g/mol. The molecule has 2 rings (SSSR count). The van der Waals surface area contributed by atoms with Crippen LogP contribution in [0.5, 0.6) is 0 Å². The van der Waals surface area contributed by atoms with Gasteiger partial charge in [-0.3, -0.25) is 9.52 Å². The molecule has 6 nitrogen and oxygen atoms in total. The van der Waals surface area contributed by atoms with Crippen LogP contribution in [0.1, 0.15) is 10.4 Å². The van der Waals surface area contributed by atoms with E-state index in [4.69, 9.17) is 5.73 Å². The Bertz CT molecular complexity index is 566. The number of ketones is 1. The van der Waals surface area contributed by atoms with Gasteiger partial charge in [-0.2, -0.15) is 24.5 Å². The molecule has 0 spiro atoms. The Morgan fingerprint density at radius 2 is 1.85 bits per heavy atom. The topological polar surface area (TPSA) is 92.5 Å². The molecule has 0 saturated carbocycles. The second-order valence-corrected chi connectivity index (χ2v) is 7.22. The number of hydrogen-bond acceptors (Lipinski definition) is 5. The predicted molar refractivity (Wildman–Crippen MR) is 81.3 cm³/mol. The predicted octanol–water partition coefficient (Wildman–Crippen LogP) is 0.534. The van der Waals surface area contributed by atoms with Crippen LogP contribution in [0.2, 0.25) is 0 Å². The maximum Gasteiger partial charge on any atom is 0.301 e. The summed E-state index contributed by atoms with van der Waals surface area (Å²) in [5.74, 6) is 1.45. The molecule has 1 aliphatic rings. The summed E-state index contributed by atoms with van der Waals surface area (Å²) >= 11 is 1.75. The smallest absolute Gasteiger partial charge is 0.301 e. The molecule has 1 fully saturated rings. The van der Waals surface area contributed by atoms with Crippen molar-refractivity contribution in [2.24, 2.45) is 5.73 Å². The molecule has 20 heavy (non-hydrogen) atoms. The van der Waals surface area contributed by atoms with E-state index in [1.54, 1.807) is 36.0 Å². The molecular formula is C12H17N3O3S2. The van der Waals surface area contributed by atoms with E-state index < -0.39 is 10.2 Å². The van der Waals surface area contributed by atoms with Gasteiger partial charge in [-0.15, -0.1) is 0 Å². The molecule has 3 N–H and O–H groups in total. The van der Waals surface area contributed by atoms with Gasteiger partial charge in [-0.25, -0.2) is 0 Å². The van der Waals surface area contributed by atoms with Crippen molar-refractivity contribution in [1.82, 2.24) is 4.31 Å². The van der Waals surface area contributed by atoms with Crippen LogP contribution in [-0.4, -0.2) is 49.6 Å². The van der Waals surface area contributed by atoms with Crippen LogP contribution in [-0.2, 0) is 10.2 Å². The Morgan fingerprint density at radius 3 is 2.40 bits per heavy atom. The Hall–Kier alpha value is -1.09. The van der Waals surface area contributed by atoms with E-state index in [9.17, 15) is 13.2 Å². The third-order valence-corrected chi connectivity index (χ3v) is 5.43. The lowest BCUT2D eigenvalue weighted by Gasteiger charge is -2.25. The molecule has 1 aliphatic heterocycles. The van der Waals surface area contributed by atoms with Gasteiger partial charge in [0.2, 0.25) is 0 Å². The number of carbonyl (C=O) groups is 1. The molecule has 8 heteroatoms. The zero-order chi connectivity index (χ0) is 14.6. The molecule has 0 radical (unpaired) electrons. The Balaban J connectivity index is 2.07. The van der Waals surface area contributed by atoms with Crippen LogP contribution in [0.15, 0.2) is 24.3 Å². The summed E-state index contributed by atoms with van der Waals surface area (Å²) in [4.78, 5) is 11.4. The SMILES string of the molecule is NCC(=O)c1ccc(NS(=O)(=O)N2CCSCC2)cc1. The quantitative estimate of drug-likeness (QED) is 0.773. The molecule has 110 valence electrons. The van der Waals surface area contributed by atoms with E-state index in [0.717, 1.165) is 11.5 Å². The number of hydrogen-bond donors (Lipinski definition) is 2. The molecule has 0 aliphatic carbocycles. The molecule has 0 bridgehead atoms. The summed E-state index contributed by atoms with van der Waals surface area (Å²) in [6.45, 7) is 0.976. The van der Waals surface area contributed by atoms with Gasteiger partial charge in [0.1, 0.15) is 0 Å². The van der Waals surface area contributed by atoms with Crippen LogP contribution in [0, 0.1) is 0 Å². The summed E-state index contributed by atoms with van der Waals surface area (Å²) < 4.78 is 28.2. The molecule has 0 atom stereocenters. The monoisotopic (exact) mass is 315 g/mol. The van der Waals surface area contributed by atoms with Crippen molar-refractivity contribution in [3.05, 3.63) is 29.8 Å². The minimum absolute atomic E-state index is 0.0590. The Labute approximate surface area is 122 Å². The van der Waals surface area contributed by atoms with Gasteiger partial charge in [0, 0.05) is 35.8 Å². The fourth-order valence-corrected chi connectivity index (χ4v) is 4.20. The highest BCUT2D eigenvalue weighted by Gasteiger charge is 2.23. The van der Waals surface area contributed by atoms with E-state index >= 15 is 0 Å². The van der Waals surface area contributed by atoms with Gasteiger partial charge in [-0.1, -0.05) is 0 Å². The van der Waals surface area contributed by atoms with Crippen molar-refractivity contribution in [2.45, 2.75) is 0 Å². The lowest BCUT2D eigenvalue weighted by molar-refractivity contribution is 0.100. The highest BCUT2D eigenvalue weighted by molar-refractivity contribution is 7.99. The maximum absolute atomic E-state index is 12.1. The number of benzene rings is 1. The lowest BCUT2D eigenvalue weighted by atomic mass is 10.1. The largest absolute Gasteiger partial charge is 0.324 e. The van der Waals surface area contributed by atoms with E-state index in [1.807, 2.05) is 0 Å². The molecule has 0 unspecified atom stereocenters. The number of nitrogens with zero attached hydrogens (tertiary/aromatic N) is 1. The van der Waals surface area contributed by atoms with E-state index in [1.165, 1.54) is 4.31 Å². The molecule has 1 aromatic carbocycles. The van der Waals surface area contributed by atoms with Crippen LogP contribution in [0.3, 0.4) is 0 Å². The van der Waals surface area contributed by atoms with Crippen molar-refractivity contribution in [2.75, 3.05) is 35.9 Å². The van der Waals surface area contributed by atoms with Gasteiger partial charge < -0.3 is 5.73 Å². The van der Waals surface area contributed by atoms with Gasteiger partial charge >= 0.3 is 10.2 Å². The fourth-order valence-electron chi connectivity index (χ4n) is 1.84. The molecule has 1 heterocycles. The van der Waals surface area contributed by atoms with Crippen molar-refractivity contribution in [1.29, 1.82) is 0 Å². The second kappa shape index (κ2) is 6.57. The molecule has 1 aromatic rings. The summed E-state index contributed by atoms with van der Waals surface area (Å²) in [7, 11) is -3.51. The zero-order valence-corrected chi connectivity index (χ0v) is 12.5. The third-order valence-electron chi connectivity index (χ3n) is 2.95. The lowest BCUT2D eigenvalue weighted by Crippen LogP contribution is -2.41. The van der Waals surface area contributed by atoms with Crippen LogP contribution < -0.4 is 10.5 Å². The normalized spacial score (nSPS) is 16.9. The highest BCUT2D eigenvalue weighted by Crippen LogP contribution is 2.17. The summed E-state index contributed by atoms with van der Waals surface area (Å²) in [6, 6.07) is 6.27. The number of nitrogens with one attached hydrogen (secondary N) is 1. The van der Waals surface area contributed by atoms with Crippen molar-refractivity contribution in [3.8, 4) is 0 Å². The molecule has 1 saturated heterocycles. The number of carbonyl (C=O) groups excluding carboxylic acids is 1. The highest BCUT2D eigenvalue weighted by atomic mass is 32.2. The number of thioether (sulfide) groups is 1. The van der Waals surface area contributed by atoms with Gasteiger partial charge in [0.05, 0.1) is 6.54 Å². The third kappa shape index (κ3) is 3.72. The number of anilines is 1. The fraction of sp³-hybridized carbons (Fsp3) is 0.417. The van der Waals surface area contributed by atoms with Crippen molar-refractivity contribution in [3.63, 3.8) is 0 Å². The molecule has 0 aromatic heterocycles. The first-order chi connectivity index (χ1) is 9.53. The van der Waals surface area contributed by atoms with E-state index in [0.29, 0.717) is 24.3 Å². The standard InChI is InChI=1S/C12H17N3O3S2/c13-9-12(16)10-1-3-11(4-2-10)14-20(17,18)15-5-7-19-8-6-15/h1-4,14H,5-9,13H2. The second-order valence-electron chi connectivity index (χ2n) is 4.32. The number of rotatable bonds is 5. The molecular weight excluding hydrogens is 298 g/mol. The minimum Gasteiger partial charge on any atom is -0.324 e. The van der Waals surface area contributed by atoms with Gasteiger partial charge in [0.25, 0.3) is 0 Å². The Morgan fingerprint density at radius 1 is 1.25 bits per heavy atom. The van der Waals surface area contributed by atoms with Crippen LogP contribution >= 0.6 is 11.8 Å². The van der Waals surface area contributed by atoms with Gasteiger partial charge in [-0.05, 0) is 24.3 Å². The summed E-state index contributed by atoms with van der Waals surface area (Å²) in [5.41, 5.74) is 6.19. The van der Waals surface area contributed by atoms with E-state index in [-0.39, 0.29) is 12.3 Å².